The topological polar surface area (TPSA) is 33.0 Å². The summed E-state index contributed by atoms with van der Waals surface area (Å²) >= 11 is 0. The molecule has 30 heavy (non-hydrogen) atoms. The standard InChI is InChI=1S/C25H36N4O/c1-4-25-13-9-14-28-15-12-20-19-10-7-8-11-21(19)29(23(20)24(25)28)22(18-25)26-30-17-16-27(5-2)6-3/h7-8,10-11,24H,4-6,9,12-18H2,1-3H3/b26-22-/t24-,25+/m1/s1. The molecule has 0 unspecified atom stereocenters. The lowest BCUT2D eigenvalue weighted by atomic mass is 9.64. The Hall–Kier alpha value is -1.85. The van der Waals surface area contributed by atoms with Crippen LogP contribution in [0.3, 0.4) is 0 Å². The molecule has 1 aromatic heterocycles. The monoisotopic (exact) mass is 408 g/mol. The van der Waals surface area contributed by atoms with Crippen LogP contribution in [0.5, 0.6) is 0 Å². The predicted octanol–water partition coefficient (Wildman–Crippen LogP) is 4.65. The molecule has 0 amide bonds. The van der Waals surface area contributed by atoms with Crippen molar-refractivity contribution in [3.05, 3.63) is 35.5 Å². The zero-order valence-electron chi connectivity index (χ0n) is 18.9. The number of aromatic nitrogens is 1. The number of para-hydroxylation sites is 1. The number of fused-ring (bicyclic) bond motifs is 3. The predicted molar refractivity (Wildman–Crippen MR) is 123 cm³/mol. The molecular weight excluding hydrogens is 372 g/mol. The van der Waals surface area contributed by atoms with E-state index in [1.807, 2.05) is 0 Å². The van der Waals surface area contributed by atoms with Crippen molar-refractivity contribution in [2.45, 2.75) is 58.9 Å². The van der Waals surface area contributed by atoms with E-state index in [1.165, 1.54) is 48.9 Å². The summed E-state index contributed by atoms with van der Waals surface area (Å²) in [6.07, 6.45) is 5.96. The molecule has 1 saturated heterocycles. The highest BCUT2D eigenvalue weighted by molar-refractivity contribution is 6.00. The fourth-order valence-corrected chi connectivity index (χ4v) is 6.38. The summed E-state index contributed by atoms with van der Waals surface area (Å²) in [6.45, 7) is 12.9. The van der Waals surface area contributed by atoms with Gasteiger partial charge in [-0.25, -0.2) is 0 Å². The maximum atomic E-state index is 5.95. The van der Waals surface area contributed by atoms with E-state index in [9.17, 15) is 0 Å². The molecule has 1 aromatic carbocycles. The Kier molecular flexibility index (Phi) is 5.36. The smallest absolute Gasteiger partial charge is 0.153 e. The van der Waals surface area contributed by atoms with Gasteiger partial charge >= 0.3 is 0 Å². The molecule has 0 saturated carbocycles. The number of rotatable bonds is 7. The SMILES string of the molecule is CCN(CC)CCO/N=C1/C[C@]2(CC)CCCN3CCc4c(n1c1ccccc41)[C@@H]32. The molecule has 3 aliphatic rings. The summed E-state index contributed by atoms with van der Waals surface area (Å²) in [5.74, 6) is 1.12. The minimum Gasteiger partial charge on any atom is -0.393 e. The lowest BCUT2D eigenvalue weighted by molar-refractivity contribution is -0.00496. The molecule has 1 fully saturated rings. The van der Waals surface area contributed by atoms with Crippen molar-refractivity contribution < 1.29 is 4.84 Å². The number of piperidine rings is 1. The van der Waals surface area contributed by atoms with E-state index in [2.05, 4.69) is 59.4 Å². The first-order valence-corrected chi connectivity index (χ1v) is 12.0. The second-order valence-corrected chi connectivity index (χ2v) is 9.27. The molecule has 0 N–H and O–H groups in total. The zero-order valence-corrected chi connectivity index (χ0v) is 18.9. The van der Waals surface area contributed by atoms with E-state index in [1.54, 1.807) is 5.56 Å². The van der Waals surface area contributed by atoms with Gasteiger partial charge in [-0.2, -0.15) is 0 Å². The van der Waals surface area contributed by atoms with Crippen LogP contribution in [0.2, 0.25) is 0 Å². The Morgan fingerprint density at radius 3 is 2.80 bits per heavy atom. The minimum absolute atomic E-state index is 0.291. The van der Waals surface area contributed by atoms with Gasteiger partial charge in [-0.15, -0.1) is 0 Å². The lowest BCUT2D eigenvalue weighted by Crippen LogP contribution is -2.53. The summed E-state index contributed by atoms with van der Waals surface area (Å²) in [5.41, 5.74) is 4.67. The molecule has 4 heterocycles. The van der Waals surface area contributed by atoms with Crippen LogP contribution in [0.4, 0.5) is 0 Å². The summed E-state index contributed by atoms with van der Waals surface area (Å²) in [5, 5.41) is 6.21. The van der Waals surface area contributed by atoms with Crippen LogP contribution in [0.25, 0.3) is 10.9 Å². The van der Waals surface area contributed by atoms with E-state index >= 15 is 0 Å². The molecule has 3 aliphatic heterocycles. The number of hydrogen-bond donors (Lipinski definition) is 0. The highest BCUT2D eigenvalue weighted by Gasteiger charge is 2.52. The quantitative estimate of drug-likeness (QED) is 0.494. The first-order chi connectivity index (χ1) is 14.7. The van der Waals surface area contributed by atoms with Gasteiger partial charge in [0.15, 0.2) is 5.84 Å². The van der Waals surface area contributed by atoms with Crippen molar-refractivity contribution in [2.24, 2.45) is 10.6 Å². The molecule has 5 heteroatoms. The molecule has 0 spiro atoms. The van der Waals surface area contributed by atoms with Crippen LogP contribution in [0.15, 0.2) is 29.4 Å². The summed E-state index contributed by atoms with van der Waals surface area (Å²) < 4.78 is 2.47. The molecule has 5 nitrogen and oxygen atoms in total. The van der Waals surface area contributed by atoms with Crippen LogP contribution < -0.4 is 0 Å². The Morgan fingerprint density at radius 1 is 1.17 bits per heavy atom. The van der Waals surface area contributed by atoms with Gasteiger partial charge in [-0.1, -0.05) is 44.1 Å². The van der Waals surface area contributed by atoms with Crippen molar-refractivity contribution in [1.82, 2.24) is 14.4 Å². The molecule has 0 aliphatic carbocycles. The number of likely N-dealkylation sites (N-methyl/N-ethyl adjacent to an activating group) is 1. The molecule has 0 bridgehead atoms. The van der Waals surface area contributed by atoms with Gasteiger partial charge in [-0.05, 0) is 62.4 Å². The minimum atomic E-state index is 0.291. The van der Waals surface area contributed by atoms with E-state index in [-0.39, 0.29) is 0 Å². The highest BCUT2D eigenvalue weighted by Crippen LogP contribution is 2.57. The van der Waals surface area contributed by atoms with Crippen LogP contribution in [0, 0.1) is 5.41 Å². The summed E-state index contributed by atoms with van der Waals surface area (Å²) in [4.78, 5) is 11.1. The Morgan fingerprint density at radius 2 is 2.00 bits per heavy atom. The van der Waals surface area contributed by atoms with Crippen LogP contribution in [0.1, 0.15) is 63.8 Å². The zero-order chi connectivity index (χ0) is 20.7. The number of nitrogens with zero attached hydrogens (tertiary/aromatic N) is 4. The molecule has 0 radical (unpaired) electrons. The van der Waals surface area contributed by atoms with Crippen molar-refractivity contribution >= 4 is 16.7 Å². The highest BCUT2D eigenvalue weighted by atomic mass is 16.6. The number of oxime groups is 1. The van der Waals surface area contributed by atoms with E-state index in [4.69, 9.17) is 9.99 Å². The van der Waals surface area contributed by atoms with Crippen LogP contribution in [-0.4, -0.2) is 59.5 Å². The molecule has 162 valence electrons. The van der Waals surface area contributed by atoms with Crippen LogP contribution >= 0.6 is 0 Å². The van der Waals surface area contributed by atoms with Gasteiger partial charge in [0.05, 0.1) is 11.6 Å². The number of benzene rings is 1. The van der Waals surface area contributed by atoms with Gasteiger partial charge in [0.25, 0.3) is 0 Å². The van der Waals surface area contributed by atoms with Crippen molar-refractivity contribution in [3.8, 4) is 0 Å². The van der Waals surface area contributed by atoms with Crippen LogP contribution in [-0.2, 0) is 11.3 Å². The third kappa shape index (κ3) is 3.01. The molecular formula is C25H36N4O. The van der Waals surface area contributed by atoms with Crippen molar-refractivity contribution in [2.75, 3.05) is 39.3 Å². The van der Waals surface area contributed by atoms with Gasteiger partial charge in [0, 0.05) is 30.6 Å². The fourth-order valence-electron chi connectivity index (χ4n) is 6.38. The third-order valence-electron chi connectivity index (χ3n) is 8.03. The number of hydrogen-bond acceptors (Lipinski definition) is 4. The van der Waals surface area contributed by atoms with Gasteiger partial charge in [-0.3, -0.25) is 9.47 Å². The van der Waals surface area contributed by atoms with Gasteiger partial charge in [0.2, 0.25) is 0 Å². The largest absolute Gasteiger partial charge is 0.393 e. The molecule has 2 atom stereocenters. The summed E-state index contributed by atoms with van der Waals surface area (Å²) in [7, 11) is 0. The van der Waals surface area contributed by atoms with Gasteiger partial charge < -0.3 is 9.74 Å². The average Bonchev–Trinajstić information content (AvgIpc) is 3.13. The maximum Gasteiger partial charge on any atom is 0.153 e. The first kappa shape index (κ1) is 20.1. The second kappa shape index (κ2) is 8.01. The Labute approximate surface area is 180 Å². The Balaban J connectivity index is 1.58. The molecule has 5 rings (SSSR count). The third-order valence-corrected chi connectivity index (χ3v) is 8.03. The maximum absolute atomic E-state index is 5.95. The van der Waals surface area contributed by atoms with E-state index < -0.39 is 0 Å². The second-order valence-electron chi connectivity index (χ2n) is 9.27. The average molecular weight is 409 g/mol. The lowest BCUT2D eigenvalue weighted by Gasteiger charge is -2.55. The fraction of sp³-hybridized carbons (Fsp3) is 0.640. The van der Waals surface area contributed by atoms with Crippen molar-refractivity contribution in [1.29, 1.82) is 0 Å². The molecule has 2 aromatic rings. The first-order valence-electron chi connectivity index (χ1n) is 12.0. The van der Waals surface area contributed by atoms with Gasteiger partial charge in [0.1, 0.15) is 6.61 Å². The summed E-state index contributed by atoms with van der Waals surface area (Å²) in [6, 6.07) is 9.45. The van der Waals surface area contributed by atoms with Crippen molar-refractivity contribution in [3.63, 3.8) is 0 Å². The van der Waals surface area contributed by atoms with E-state index in [0.717, 1.165) is 38.3 Å². The normalized spacial score (nSPS) is 27.1. The van der Waals surface area contributed by atoms with E-state index in [0.29, 0.717) is 18.1 Å². The Bertz CT molecular complexity index is 944.